The summed E-state index contributed by atoms with van der Waals surface area (Å²) in [7, 11) is 0. The Balaban J connectivity index is 1.16. The van der Waals surface area contributed by atoms with Crippen molar-refractivity contribution in [1.82, 2.24) is 5.32 Å². The van der Waals surface area contributed by atoms with Crippen LogP contribution in [0.5, 0.6) is 5.75 Å². The summed E-state index contributed by atoms with van der Waals surface area (Å²) >= 11 is 0. The van der Waals surface area contributed by atoms with Crippen molar-refractivity contribution in [3.05, 3.63) is 95.1 Å². The Labute approximate surface area is 186 Å². The van der Waals surface area contributed by atoms with Crippen LogP contribution in [0.1, 0.15) is 39.4 Å². The van der Waals surface area contributed by atoms with Crippen molar-refractivity contribution in [2.24, 2.45) is 0 Å². The lowest BCUT2D eigenvalue weighted by Gasteiger charge is -2.16. The molecule has 1 heterocycles. The van der Waals surface area contributed by atoms with E-state index in [1.165, 1.54) is 22.3 Å². The van der Waals surface area contributed by atoms with E-state index in [1.54, 1.807) is 0 Å². The molecule has 0 saturated carbocycles. The van der Waals surface area contributed by atoms with Gasteiger partial charge in [-0.3, -0.25) is 4.79 Å². The number of Topliss-reactive ketones (excluding diaryl/α,β-unsaturated/α-hetero) is 1. The molecule has 2 aliphatic rings. The summed E-state index contributed by atoms with van der Waals surface area (Å²) in [5.74, 6) is 0.771. The minimum Gasteiger partial charge on any atom is -0.492 e. The molecule has 3 aromatic carbocycles. The number of amides is 1. The van der Waals surface area contributed by atoms with Gasteiger partial charge in [0.15, 0.2) is 5.78 Å². The highest BCUT2D eigenvalue weighted by Gasteiger charge is 2.28. The van der Waals surface area contributed by atoms with Gasteiger partial charge in [0, 0.05) is 18.9 Å². The molecule has 0 fully saturated rings. The van der Waals surface area contributed by atoms with Gasteiger partial charge in [0.25, 0.3) is 0 Å². The van der Waals surface area contributed by atoms with E-state index in [2.05, 4.69) is 29.6 Å². The quantitative estimate of drug-likeness (QED) is 0.610. The third kappa shape index (κ3) is 3.89. The van der Waals surface area contributed by atoms with E-state index in [0.717, 1.165) is 5.56 Å². The molecule has 0 spiro atoms. The van der Waals surface area contributed by atoms with Gasteiger partial charge in [-0.15, -0.1) is 0 Å². The van der Waals surface area contributed by atoms with Gasteiger partial charge in [-0.1, -0.05) is 66.7 Å². The number of carbonyl (C=O) groups is 2. The molecule has 1 amide bonds. The molecule has 0 unspecified atom stereocenters. The standard InChI is InChI=1S/C27H23NO4/c29-25-13-15-31-26-12-11-18(16-23(25)26)6-5-14-28-27(30)32-17-24-21-9-3-1-7-19(21)20-8-2-4-10-22(20)24/h1-12,16,24H,13-15,17H2,(H,28,30). The molecule has 0 bridgehead atoms. The van der Waals surface area contributed by atoms with Gasteiger partial charge in [-0.25, -0.2) is 4.79 Å². The minimum atomic E-state index is -0.453. The first-order valence-corrected chi connectivity index (χ1v) is 10.8. The average Bonchev–Trinajstić information content (AvgIpc) is 3.15. The summed E-state index contributed by atoms with van der Waals surface area (Å²) in [6.45, 7) is 1.06. The molecule has 5 rings (SSSR count). The van der Waals surface area contributed by atoms with Gasteiger partial charge in [0.2, 0.25) is 0 Å². The fraction of sp³-hybridized carbons (Fsp3) is 0.185. The van der Waals surface area contributed by atoms with Gasteiger partial charge in [0.05, 0.1) is 12.2 Å². The van der Waals surface area contributed by atoms with E-state index in [9.17, 15) is 9.59 Å². The highest BCUT2D eigenvalue weighted by molar-refractivity contribution is 6.00. The van der Waals surface area contributed by atoms with Gasteiger partial charge < -0.3 is 14.8 Å². The van der Waals surface area contributed by atoms with Crippen LogP contribution in [-0.4, -0.2) is 31.6 Å². The van der Waals surface area contributed by atoms with Crippen LogP contribution in [0.2, 0.25) is 0 Å². The maximum Gasteiger partial charge on any atom is 0.407 e. The minimum absolute atomic E-state index is 0.0407. The van der Waals surface area contributed by atoms with Crippen molar-refractivity contribution < 1.29 is 19.1 Å². The third-order valence-electron chi connectivity index (χ3n) is 5.91. The molecule has 32 heavy (non-hydrogen) atoms. The number of ketones is 1. The monoisotopic (exact) mass is 425 g/mol. The number of carbonyl (C=O) groups excluding carboxylic acids is 2. The molecular formula is C27H23NO4. The summed E-state index contributed by atoms with van der Waals surface area (Å²) in [5.41, 5.74) is 6.28. The molecular weight excluding hydrogens is 402 g/mol. The molecule has 1 N–H and O–H groups in total. The number of fused-ring (bicyclic) bond motifs is 4. The molecule has 3 aromatic rings. The van der Waals surface area contributed by atoms with E-state index >= 15 is 0 Å². The lowest BCUT2D eigenvalue weighted by Crippen LogP contribution is -2.26. The second-order valence-electron chi connectivity index (χ2n) is 7.89. The van der Waals surface area contributed by atoms with Crippen LogP contribution in [-0.2, 0) is 4.74 Å². The van der Waals surface area contributed by atoms with Gasteiger partial charge >= 0.3 is 6.09 Å². The molecule has 0 saturated heterocycles. The fourth-order valence-corrected chi connectivity index (χ4v) is 4.37. The van der Waals surface area contributed by atoms with Crippen LogP contribution in [0.3, 0.4) is 0 Å². The average molecular weight is 425 g/mol. The zero-order valence-corrected chi connectivity index (χ0v) is 17.5. The summed E-state index contributed by atoms with van der Waals surface area (Å²) in [6, 6.07) is 22.0. The summed E-state index contributed by atoms with van der Waals surface area (Å²) < 4.78 is 11.0. The van der Waals surface area contributed by atoms with E-state index in [1.807, 2.05) is 54.6 Å². The number of benzene rings is 3. The molecule has 0 radical (unpaired) electrons. The van der Waals surface area contributed by atoms with Crippen molar-refractivity contribution in [1.29, 1.82) is 0 Å². The van der Waals surface area contributed by atoms with Crippen LogP contribution in [0.15, 0.2) is 72.8 Å². The Kier molecular flexibility index (Phi) is 5.46. The van der Waals surface area contributed by atoms with E-state index in [0.29, 0.717) is 30.9 Å². The predicted molar refractivity (Wildman–Crippen MR) is 123 cm³/mol. The Morgan fingerprint density at radius 2 is 1.72 bits per heavy atom. The fourth-order valence-electron chi connectivity index (χ4n) is 4.37. The second kappa shape index (κ2) is 8.71. The van der Waals surface area contributed by atoms with Gasteiger partial charge in [0.1, 0.15) is 12.4 Å². The molecule has 1 aliphatic carbocycles. The number of hydrogen-bond acceptors (Lipinski definition) is 4. The van der Waals surface area contributed by atoms with Crippen LogP contribution in [0, 0.1) is 0 Å². The predicted octanol–water partition coefficient (Wildman–Crippen LogP) is 5.20. The summed E-state index contributed by atoms with van der Waals surface area (Å²) in [5, 5.41) is 2.76. The Bertz CT molecular complexity index is 1170. The Morgan fingerprint density at radius 3 is 2.47 bits per heavy atom. The van der Waals surface area contributed by atoms with Crippen molar-refractivity contribution in [3.8, 4) is 16.9 Å². The number of alkyl carbamates (subject to hydrolysis) is 1. The number of rotatable bonds is 5. The highest BCUT2D eigenvalue weighted by Crippen LogP contribution is 2.44. The highest BCUT2D eigenvalue weighted by atomic mass is 16.5. The molecule has 5 nitrogen and oxygen atoms in total. The zero-order valence-electron chi connectivity index (χ0n) is 17.5. The smallest absolute Gasteiger partial charge is 0.407 e. The van der Waals surface area contributed by atoms with Gasteiger partial charge in [-0.05, 0) is 39.9 Å². The summed E-state index contributed by atoms with van der Waals surface area (Å²) in [4.78, 5) is 24.3. The van der Waals surface area contributed by atoms with Gasteiger partial charge in [-0.2, -0.15) is 0 Å². The van der Waals surface area contributed by atoms with E-state index in [-0.39, 0.29) is 18.3 Å². The van der Waals surface area contributed by atoms with E-state index < -0.39 is 6.09 Å². The molecule has 5 heteroatoms. The zero-order chi connectivity index (χ0) is 21.9. The normalized spacial score (nSPS) is 14.4. The number of hydrogen-bond donors (Lipinski definition) is 1. The Morgan fingerprint density at radius 1 is 1.00 bits per heavy atom. The molecule has 160 valence electrons. The van der Waals surface area contributed by atoms with Crippen molar-refractivity contribution in [3.63, 3.8) is 0 Å². The van der Waals surface area contributed by atoms with Crippen LogP contribution in [0.4, 0.5) is 4.79 Å². The Hall–Kier alpha value is -3.86. The first-order chi connectivity index (χ1) is 15.7. The topological polar surface area (TPSA) is 64.6 Å². The third-order valence-corrected chi connectivity index (χ3v) is 5.91. The lowest BCUT2D eigenvalue weighted by molar-refractivity contribution is 0.0933. The number of nitrogens with one attached hydrogen (secondary N) is 1. The van der Waals surface area contributed by atoms with Crippen LogP contribution >= 0.6 is 0 Å². The SMILES string of the molecule is O=C(NCC=Cc1ccc2c(c1)C(=O)CCO2)OCC1c2ccccc2-c2ccccc21. The van der Waals surface area contributed by atoms with Crippen molar-refractivity contribution in [2.75, 3.05) is 19.8 Å². The molecule has 0 atom stereocenters. The maximum atomic E-state index is 12.2. The second-order valence-corrected chi connectivity index (χ2v) is 7.89. The van der Waals surface area contributed by atoms with Crippen molar-refractivity contribution in [2.45, 2.75) is 12.3 Å². The molecule has 1 aliphatic heterocycles. The lowest BCUT2D eigenvalue weighted by atomic mass is 9.98. The van der Waals surface area contributed by atoms with Crippen LogP contribution < -0.4 is 10.1 Å². The number of ether oxygens (including phenoxy) is 2. The molecule has 0 aromatic heterocycles. The summed E-state index contributed by atoms with van der Waals surface area (Å²) in [6.07, 6.45) is 3.65. The first-order valence-electron chi connectivity index (χ1n) is 10.8. The largest absolute Gasteiger partial charge is 0.492 e. The maximum absolute atomic E-state index is 12.2. The van der Waals surface area contributed by atoms with Crippen LogP contribution in [0.25, 0.3) is 17.2 Å². The first kappa shape index (κ1) is 20.1. The van der Waals surface area contributed by atoms with Crippen molar-refractivity contribution >= 4 is 18.0 Å². The van der Waals surface area contributed by atoms with E-state index in [4.69, 9.17) is 9.47 Å².